The van der Waals surface area contributed by atoms with Gasteiger partial charge in [-0.2, -0.15) is 0 Å². The normalized spacial score (nSPS) is 14.2. The van der Waals surface area contributed by atoms with E-state index in [1.54, 1.807) is 0 Å². The van der Waals surface area contributed by atoms with Crippen LogP contribution in [0.3, 0.4) is 0 Å². The molecule has 0 saturated carbocycles. The number of carbonyl (C=O) groups is 1. The molecular weight excluding hydrogens is 182 g/mol. The van der Waals surface area contributed by atoms with Crippen LogP contribution in [-0.4, -0.2) is 37.0 Å². The van der Waals surface area contributed by atoms with Gasteiger partial charge in [0.2, 0.25) is 0 Å². The standard InChI is InChI=1S/C6H13NO4S/c1-2-12(10,11)4-3-5(7)6(8)9/h5H,2-4,7H2,1H3,(H,8,9)/t5-/m0/s1. The largest absolute Gasteiger partial charge is 0.480 e. The molecule has 72 valence electrons. The van der Waals surface area contributed by atoms with Crippen LogP contribution in [0.5, 0.6) is 0 Å². The Hall–Kier alpha value is -0.620. The number of nitrogens with two attached hydrogens (primary N) is 1. The van der Waals surface area contributed by atoms with Gasteiger partial charge in [-0.25, -0.2) is 8.42 Å². The smallest absolute Gasteiger partial charge is 0.320 e. The summed E-state index contributed by atoms with van der Waals surface area (Å²) in [6.07, 6.45) is -0.0223. The number of rotatable bonds is 5. The molecule has 1 atom stereocenters. The zero-order valence-electron chi connectivity index (χ0n) is 6.86. The molecular formula is C6H13NO4S. The summed E-state index contributed by atoms with van der Waals surface area (Å²) < 4.78 is 21.8. The molecule has 3 N–H and O–H groups in total. The Morgan fingerprint density at radius 3 is 2.42 bits per heavy atom. The van der Waals surface area contributed by atoms with Crippen molar-refractivity contribution in [2.45, 2.75) is 19.4 Å². The van der Waals surface area contributed by atoms with E-state index in [4.69, 9.17) is 10.8 Å². The molecule has 0 aliphatic rings. The van der Waals surface area contributed by atoms with E-state index < -0.39 is 21.8 Å². The first-order valence-electron chi connectivity index (χ1n) is 3.58. The molecule has 0 aliphatic heterocycles. The predicted octanol–water partition coefficient (Wildman–Crippen LogP) is -0.777. The zero-order valence-corrected chi connectivity index (χ0v) is 7.67. The summed E-state index contributed by atoms with van der Waals surface area (Å²) in [5.74, 6) is -1.29. The summed E-state index contributed by atoms with van der Waals surface area (Å²) in [7, 11) is -3.09. The maximum absolute atomic E-state index is 10.9. The first-order valence-corrected chi connectivity index (χ1v) is 5.40. The Morgan fingerprint density at radius 2 is 2.08 bits per heavy atom. The van der Waals surface area contributed by atoms with Crippen molar-refractivity contribution in [3.63, 3.8) is 0 Å². The highest BCUT2D eigenvalue weighted by Gasteiger charge is 2.15. The first kappa shape index (κ1) is 11.4. The third-order valence-corrected chi connectivity index (χ3v) is 3.23. The van der Waals surface area contributed by atoms with Gasteiger partial charge < -0.3 is 10.8 Å². The molecule has 0 aromatic rings. The molecule has 0 aromatic carbocycles. The van der Waals surface area contributed by atoms with Gasteiger partial charge in [-0.05, 0) is 6.42 Å². The van der Waals surface area contributed by atoms with Crippen molar-refractivity contribution in [1.29, 1.82) is 0 Å². The van der Waals surface area contributed by atoms with Crippen molar-refractivity contribution in [1.82, 2.24) is 0 Å². The molecule has 0 saturated heterocycles. The number of sulfone groups is 1. The van der Waals surface area contributed by atoms with Crippen molar-refractivity contribution in [3.05, 3.63) is 0 Å². The summed E-state index contributed by atoms with van der Waals surface area (Å²) in [5, 5.41) is 8.33. The minimum Gasteiger partial charge on any atom is -0.480 e. The maximum Gasteiger partial charge on any atom is 0.320 e. The Bertz CT molecular complexity index is 246. The van der Waals surface area contributed by atoms with E-state index in [1.165, 1.54) is 6.92 Å². The fourth-order valence-electron chi connectivity index (χ4n) is 0.574. The summed E-state index contributed by atoms with van der Waals surface area (Å²) in [4.78, 5) is 10.2. The summed E-state index contributed by atoms with van der Waals surface area (Å²) >= 11 is 0. The average Bonchev–Trinajstić information content (AvgIpc) is 2.00. The highest BCUT2D eigenvalue weighted by molar-refractivity contribution is 7.91. The van der Waals surface area contributed by atoms with Crippen molar-refractivity contribution < 1.29 is 18.3 Å². The highest BCUT2D eigenvalue weighted by atomic mass is 32.2. The van der Waals surface area contributed by atoms with Crippen molar-refractivity contribution in [2.24, 2.45) is 5.73 Å². The Kier molecular flexibility index (Phi) is 4.19. The second-order valence-electron chi connectivity index (χ2n) is 2.47. The van der Waals surface area contributed by atoms with E-state index >= 15 is 0 Å². The number of carboxylic acid groups (broad SMARTS) is 1. The molecule has 0 aliphatic carbocycles. The van der Waals surface area contributed by atoms with E-state index in [9.17, 15) is 13.2 Å². The van der Waals surface area contributed by atoms with Gasteiger partial charge in [0.05, 0.1) is 5.75 Å². The van der Waals surface area contributed by atoms with Crippen LogP contribution in [0.15, 0.2) is 0 Å². The molecule has 0 radical (unpaired) electrons. The Morgan fingerprint density at radius 1 is 1.58 bits per heavy atom. The fraction of sp³-hybridized carbons (Fsp3) is 0.833. The molecule has 0 rings (SSSR count). The lowest BCUT2D eigenvalue weighted by Gasteiger charge is -2.04. The Labute approximate surface area is 71.5 Å². The fourth-order valence-corrected chi connectivity index (χ4v) is 1.48. The zero-order chi connectivity index (χ0) is 9.78. The molecule has 0 bridgehead atoms. The van der Waals surface area contributed by atoms with Crippen LogP contribution in [0.4, 0.5) is 0 Å². The van der Waals surface area contributed by atoms with Gasteiger partial charge in [-0.3, -0.25) is 4.79 Å². The van der Waals surface area contributed by atoms with Crippen LogP contribution in [-0.2, 0) is 14.6 Å². The third kappa shape index (κ3) is 4.30. The second-order valence-corrected chi connectivity index (χ2v) is 4.94. The summed E-state index contributed by atoms with van der Waals surface area (Å²) in [6, 6.07) is -1.08. The number of hydrogen-bond acceptors (Lipinski definition) is 4. The Balaban J connectivity index is 3.92. The molecule has 6 heteroatoms. The van der Waals surface area contributed by atoms with Gasteiger partial charge in [0.1, 0.15) is 15.9 Å². The van der Waals surface area contributed by atoms with Gasteiger partial charge in [-0.1, -0.05) is 6.92 Å². The third-order valence-electron chi connectivity index (χ3n) is 1.50. The monoisotopic (exact) mass is 195 g/mol. The van der Waals surface area contributed by atoms with Crippen LogP contribution >= 0.6 is 0 Å². The van der Waals surface area contributed by atoms with E-state index in [0.29, 0.717) is 0 Å². The van der Waals surface area contributed by atoms with E-state index in [0.717, 1.165) is 0 Å². The SMILES string of the molecule is CCS(=O)(=O)CC[C@H](N)C(=O)O. The lowest BCUT2D eigenvalue weighted by atomic mass is 10.2. The number of hydrogen-bond donors (Lipinski definition) is 2. The molecule has 0 aromatic heterocycles. The molecule has 5 nitrogen and oxygen atoms in total. The van der Waals surface area contributed by atoms with Crippen molar-refractivity contribution in [3.8, 4) is 0 Å². The van der Waals surface area contributed by atoms with Gasteiger partial charge in [-0.15, -0.1) is 0 Å². The highest BCUT2D eigenvalue weighted by Crippen LogP contribution is 1.96. The van der Waals surface area contributed by atoms with E-state index in [2.05, 4.69) is 0 Å². The lowest BCUT2D eigenvalue weighted by Crippen LogP contribution is -2.32. The van der Waals surface area contributed by atoms with Crippen LogP contribution in [0.1, 0.15) is 13.3 Å². The van der Waals surface area contributed by atoms with Crippen molar-refractivity contribution >= 4 is 15.8 Å². The number of carboxylic acids is 1. The maximum atomic E-state index is 10.9. The summed E-state index contributed by atoms with van der Waals surface area (Å²) in [6.45, 7) is 1.52. The molecule has 0 unspecified atom stereocenters. The van der Waals surface area contributed by atoms with Crippen LogP contribution in [0, 0.1) is 0 Å². The topological polar surface area (TPSA) is 97.5 Å². The van der Waals surface area contributed by atoms with Crippen LogP contribution in [0.25, 0.3) is 0 Å². The van der Waals surface area contributed by atoms with E-state index in [-0.39, 0.29) is 17.9 Å². The summed E-state index contributed by atoms with van der Waals surface area (Å²) in [5.41, 5.74) is 5.11. The molecule has 0 amide bonds. The van der Waals surface area contributed by atoms with Gasteiger partial charge in [0.15, 0.2) is 0 Å². The second kappa shape index (κ2) is 4.42. The van der Waals surface area contributed by atoms with E-state index in [1.807, 2.05) is 0 Å². The molecule has 12 heavy (non-hydrogen) atoms. The van der Waals surface area contributed by atoms with Crippen LogP contribution < -0.4 is 5.73 Å². The quantitative estimate of drug-likeness (QED) is 0.600. The molecule has 0 fully saturated rings. The number of aliphatic carboxylic acids is 1. The van der Waals surface area contributed by atoms with Gasteiger partial charge in [0, 0.05) is 5.75 Å². The van der Waals surface area contributed by atoms with Crippen LogP contribution in [0.2, 0.25) is 0 Å². The minimum absolute atomic E-state index is 0.0223. The minimum atomic E-state index is -3.09. The molecule has 0 spiro atoms. The first-order chi connectivity index (χ1) is 5.39. The average molecular weight is 195 g/mol. The predicted molar refractivity (Wildman–Crippen MR) is 44.6 cm³/mol. The van der Waals surface area contributed by atoms with Crippen molar-refractivity contribution in [2.75, 3.05) is 11.5 Å². The molecule has 0 heterocycles. The van der Waals surface area contributed by atoms with Gasteiger partial charge >= 0.3 is 5.97 Å². The van der Waals surface area contributed by atoms with Gasteiger partial charge in [0.25, 0.3) is 0 Å². The lowest BCUT2D eigenvalue weighted by molar-refractivity contribution is -0.138.